The zero-order valence-corrected chi connectivity index (χ0v) is 9.61. The molecule has 0 aliphatic heterocycles. The lowest BCUT2D eigenvalue weighted by Gasteiger charge is -2.08. The van der Waals surface area contributed by atoms with Gasteiger partial charge in [0.05, 0.1) is 0 Å². The molecule has 2 aromatic rings. The third-order valence-corrected chi connectivity index (χ3v) is 2.81. The van der Waals surface area contributed by atoms with Crippen LogP contribution >= 0.6 is 0 Å². The van der Waals surface area contributed by atoms with E-state index < -0.39 is 0 Å². The second kappa shape index (κ2) is 5.36. The highest BCUT2D eigenvalue weighted by Gasteiger charge is 1.99. The highest BCUT2D eigenvalue weighted by molar-refractivity contribution is 5.50. The van der Waals surface area contributed by atoms with Crippen molar-refractivity contribution in [3.63, 3.8) is 0 Å². The van der Waals surface area contributed by atoms with E-state index >= 15 is 0 Å². The van der Waals surface area contributed by atoms with Gasteiger partial charge >= 0.3 is 0 Å². The van der Waals surface area contributed by atoms with E-state index in [2.05, 4.69) is 59.9 Å². The molecule has 0 radical (unpaired) electrons. The predicted molar refractivity (Wildman–Crippen MR) is 69.8 cm³/mol. The minimum atomic E-state index is 1.08. The number of anilines is 1. The molecule has 0 atom stereocenters. The van der Waals surface area contributed by atoms with Crippen molar-refractivity contribution >= 4 is 5.69 Å². The number of rotatable bonds is 4. The first-order valence-corrected chi connectivity index (χ1v) is 5.70. The average molecular weight is 211 g/mol. The van der Waals surface area contributed by atoms with Gasteiger partial charge in [-0.1, -0.05) is 48.5 Å². The van der Waals surface area contributed by atoms with Crippen molar-refractivity contribution in [1.82, 2.24) is 0 Å². The molecule has 0 saturated heterocycles. The van der Waals surface area contributed by atoms with Crippen LogP contribution in [0, 0.1) is 0 Å². The summed E-state index contributed by atoms with van der Waals surface area (Å²) in [5.74, 6) is 0. The first kappa shape index (κ1) is 10.7. The smallest absolute Gasteiger partial charge is 0.0370 e. The summed E-state index contributed by atoms with van der Waals surface area (Å²) in [4.78, 5) is 0. The van der Waals surface area contributed by atoms with Crippen LogP contribution in [0.4, 0.5) is 5.69 Å². The van der Waals surface area contributed by atoms with Gasteiger partial charge < -0.3 is 5.32 Å². The lowest BCUT2D eigenvalue weighted by atomic mass is 10.0. The van der Waals surface area contributed by atoms with E-state index in [1.807, 2.05) is 7.05 Å². The Bertz CT molecular complexity index is 434. The van der Waals surface area contributed by atoms with E-state index in [1.54, 1.807) is 0 Å². The van der Waals surface area contributed by atoms with Gasteiger partial charge in [0.2, 0.25) is 0 Å². The lowest BCUT2D eigenvalue weighted by molar-refractivity contribution is 0.961. The molecular formula is C15H17N. The standard InChI is InChI=1S/C15H17N/c1-16-15-10-6-5-9-14(15)12-11-13-7-3-2-4-8-13/h2-10,16H,11-12H2,1H3. The number of hydrogen-bond donors (Lipinski definition) is 1. The number of benzene rings is 2. The Balaban J connectivity index is 2.05. The molecule has 0 aromatic heterocycles. The summed E-state index contributed by atoms with van der Waals surface area (Å²) in [5.41, 5.74) is 4.01. The van der Waals surface area contributed by atoms with E-state index in [0.29, 0.717) is 0 Å². The Hall–Kier alpha value is -1.76. The van der Waals surface area contributed by atoms with Gasteiger partial charge in [0.25, 0.3) is 0 Å². The largest absolute Gasteiger partial charge is 0.388 e. The van der Waals surface area contributed by atoms with E-state index in [9.17, 15) is 0 Å². The summed E-state index contributed by atoms with van der Waals surface area (Å²) in [6.07, 6.45) is 2.18. The summed E-state index contributed by atoms with van der Waals surface area (Å²) in [6, 6.07) is 19.1. The van der Waals surface area contributed by atoms with Gasteiger partial charge in [-0.05, 0) is 30.0 Å². The molecule has 1 N–H and O–H groups in total. The van der Waals surface area contributed by atoms with Crippen LogP contribution in [0.15, 0.2) is 54.6 Å². The SMILES string of the molecule is CNc1ccccc1CCc1ccccc1. The Morgan fingerprint density at radius 3 is 2.25 bits per heavy atom. The Morgan fingerprint density at radius 1 is 0.812 bits per heavy atom. The lowest BCUT2D eigenvalue weighted by Crippen LogP contribution is -1.97. The van der Waals surface area contributed by atoms with Crippen molar-refractivity contribution in [2.45, 2.75) is 12.8 Å². The van der Waals surface area contributed by atoms with E-state index in [0.717, 1.165) is 12.8 Å². The molecule has 16 heavy (non-hydrogen) atoms. The van der Waals surface area contributed by atoms with Crippen LogP contribution in [0.25, 0.3) is 0 Å². The average Bonchev–Trinajstić information content (AvgIpc) is 2.38. The van der Waals surface area contributed by atoms with E-state index in [-0.39, 0.29) is 0 Å². The van der Waals surface area contributed by atoms with Crippen LogP contribution in [0.2, 0.25) is 0 Å². The summed E-state index contributed by atoms with van der Waals surface area (Å²) in [7, 11) is 1.97. The summed E-state index contributed by atoms with van der Waals surface area (Å²) < 4.78 is 0. The molecule has 0 spiro atoms. The van der Waals surface area contributed by atoms with Crippen LogP contribution in [0.1, 0.15) is 11.1 Å². The summed E-state index contributed by atoms with van der Waals surface area (Å²) in [5, 5.41) is 3.23. The molecule has 0 bridgehead atoms. The van der Waals surface area contributed by atoms with Gasteiger partial charge in [-0.2, -0.15) is 0 Å². The number of hydrogen-bond acceptors (Lipinski definition) is 1. The minimum absolute atomic E-state index is 1.08. The fourth-order valence-electron chi connectivity index (χ4n) is 1.91. The fourth-order valence-corrected chi connectivity index (χ4v) is 1.91. The predicted octanol–water partition coefficient (Wildman–Crippen LogP) is 3.51. The molecule has 0 aliphatic rings. The zero-order valence-electron chi connectivity index (χ0n) is 9.61. The normalized spacial score (nSPS) is 10.1. The van der Waals surface area contributed by atoms with Gasteiger partial charge in [-0.25, -0.2) is 0 Å². The molecule has 0 amide bonds. The van der Waals surface area contributed by atoms with Crippen LogP contribution in [0.3, 0.4) is 0 Å². The van der Waals surface area contributed by atoms with Crippen molar-refractivity contribution in [2.75, 3.05) is 12.4 Å². The summed E-state index contributed by atoms with van der Waals surface area (Å²) >= 11 is 0. The maximum absolute atomic E-state index is 3.23. The molecule has 0 aliphatic carbocycles. The van der Waals surface area contributed by atoms with Crippen LogP contribution < -0.4 is 5.32 Å². The summed E-state index contributed by atoms with van der Waals surface area (Å²) in [6.45, 7) is 0. The third-order valence-electron chi connectivity index (χ3n) is 2.81. The van der Waals surface area contributed by atoms with Gasteiger partial charge in [0.1, 0.15) is 0 Å². The molecular weight excluding hydrogens is 194 g/mol. The Kier molecular flexibility index (Phi) is 3.60. The minimum Gasteiger partial charge on any atom is -0.388 e. The van der Waals surface area contributed by atoms with Gasteiger partial charge in [-0.3, -0.25) is 0 Å². The molecule has 1 nitrogen and oxygen atoms in total. The monoisotopic (exact) mass is 211 g/mol. The van der Waals surface area contributed by atoms with Crippen LogP contribution in [-0.2, 0) is 12.8 Å². The third kappa shape index (κ3) is 2.63. The van der Waals surface area contributed by atoms with Crippen molar-refractivity contribution in [1.29, 1.82) is 0 Å². The van der Waals surface area contributed by atoms with Crippen molar-refractivity contribution in [3.05, 3.63) is 65.7 Å². The first-order chi connectivity index (χ1) is 7.90. The first-order valence-electron chi connectivity index (χ1n) is 5.70. The van der Waals surface area contributed by atoms with E-state index in [4.69, 9.17) is 0 Å². The topological polar surface area (TPSA) is 12.0 Å². The second-order valence-electron chi connectivity index (χ2n) is 3.89. The van der Waals surface area contributed by atoms with Crippen LogP contribution in [-0.4, -0.2) is 7.05 Å². The molecule has 1 heteroatoms. The second-order valence-corrected chi connectivity index (χ2v) is 3.89. The zero-order chi connectivity index (χ0) is 11.2. The number of aryl methyl sites for hydroxylation is 2. The maximum Gasteiger partial charge on any atom is 0.0370 e. The number of nitrogens with one attached hydrogen (secondary N) is 1. The Labute approximate surface area is 97.1 Å². The highest BCUT2D eigenvalue weighted by atomic mass is 14.8. The Morgan fingerprint density at radius 2 is 1.50 bits per heavy atom. The molecule has 0 heterocycles. The van der Waals surface area contributed by atoms with Crippen molar-refractivity contribution in [2.24, 2.45) is 0 Å². The van der Waals surface area contributed by atoms with Gasteiger partial charge in [0, 0.05) is 12.7 Å². The number of para-hydroxylation sites is 1. The quantitative estimate of drug-likeness (QED) is 0.816. The molecule has 2 rings (SSSR count). The van der Waals surface area contributed by atoms with Crippen molar-refractivity contribution < 1.29 is 0 Å². The van der Waals surface area contributed by atoms with Gasteiger partial charge in [0.15, 0.2) is 0 Å². The molecule has 0 saturated carbocycles. The van der Waals surface area contributed by atoms with Crippen LogP contribution in [0.5, 0.6) is 0 Å². The molecule has 0 fully saturated rings. The van der Waals surface area contributed by atoms with Gasteiger partial charge in [-0.15, -0.1) is 0 Å². The fraction of sp³-hybridized carbons (Fsp3) is 0.200. The highest BCUT2D eigenvalue weighted by Crippen LogP contribution is 2.16. The molecule has 0 unspecified atom stereocenters. The maximum atomic E-state index is 3.23. The molecule has 2 aromatic carbocycles. The van der Waals surface area contributed by atoms with Crippen molar-refractivity contribution in [3.8, 4) is 0 Å². The molecule has 82 valence electrons. The van der Waals surface area contributed by atoms with E-state index in [1.165, 1.54) is 16.8 Å².